The van der Waals surface area contributed by atoms with Crippen molar-refractivity contribution in [2.75, 3.05) is 6.54 Å². The Balaban J connectivity index is 1.60. The van der Waals surface area contributed by atoms with Crippen LogP contribution in [0, 0.1) is 5.41 Å². The maximum atomic E-state index is 12.2. The van der Waals surface area contributed by atoms with Crippen LogP contribution in [0.2, 0.25) is 0 Å². The van der Waals surface area contributed by atoms with Crippen molar-refractivity contribution in [2.24, 2.45) is 5.41 Å². The highest BCUT2D eigenvalue weighted by Gasteiger charge is 2.61. The molecule has 1 aromatic carbocycles. The van der Waals surface area contributed by atoms with E-state index in [0.29, 0.717) is 6.54 Å². The number of aromatic nitrogens is 2. The first kappa shape index (κ1) is 17.2. The van der Waals surface area contributed by atoms with E-state index in [-0.39, 0.29) is 29.7 Å². The minimum Gasteiger partial charge on any atom is -0.355 e. The fourth-order valence-corrected chi connectivity index (χ4v) is 3.54. The Kier molecular flexibility index (Phi) is 4.37. The van der Waals surface area contributed by atoms with Gasteiger partial charge in [0.1, 0.15) is 0 Å². The SMILES string of the molecule is CC1(C)CC1(CNC(=O)CCn1ccc(=O)[nH]c1=O)c1ccccc1. The molecule has 132 valence electrons. The third-order valence-corrected chi connectivity index (χ3v) is 5.30. The molecule has 0 bridgehead atoms. The molecule has 0 spiro atoms. The molecule has 3 rings (SSSR count). The van der Waals surface area contributed by atoms with Crippen LogP contribution in [-0.2, 0) is 16.8 Å². The van der Waals surface area contributed by atoms with E-state index in [9.17, 15) is 14.4 Å². The van der Waals surface area contributed by atoms with Crippen molar-refractivity contribution in [1.82, 2.24) is 14.9 Å². The second-order valence-corrected chi connectivity index (χ2v) is 7.34. The van der Waals surface area contributed by atoms with Crippen LogP contribution in [-0.4, -0.2) is 22.0 Å². The lowest BCUT2D eigenvalue weighted by molar-refractivity contribution is -0.121. The lowest BCUT2D eigenvalue weighted by atomic mass is 9.88. The van der Waals surface area contributed by atoms with E-state index >= 15 is 0 Å². The minimum atomic E-state index is -0.496. The summed E-state index contributed by atoms with van der Waals surface area (Å²) < 4.78 is 1.33. The summed E-state index contributed by atoms with van der Waals surface area (Å²) in [4.78, 5) is 37.1. The number of benzene rings is 1. The highest BCUT2D eigenvalue weighted by atomic mass is 16.2. The Hall–Kier alpha value is -2.63. The Bertz CT molecular complexity index is 883. The molecular formula is C19H23N3O3. The van der Waals surface area contributed by atoms with Crippen LogP contribution in [0.15, 0.2) is 52.2 Å². The number of nitrogens with zero attached hydrogens (tertiary/aromatic N) is 1. The molecule has 1 saturated carbocycles. The number of carbonyl (C=O) groups is 1. The summed E-state index contributed by atoms with van der Waals surface area (Å²) >= 11 is 0. The molecule has 1 atom stereocenters. The summed E-state index contributed by atoms with van der Waals surface area (Å²) in [5, 5.41) is 3.01. The molecule has 0 aliphatic heterocycles. The molecule has 6 heteroatoms. The summed E-state index contributed by atoms with van der Waals surface area (Å²) in [6.07, 6.45) is 2.63. The van der Waals surface area contributed by atoms with E-state index in [0.717, 1.165) is 6.42 Å². The second kappa shape index (κ2) is 6.35. The van der Waals surface area contributed by atoms with Crippen molar-refractivity contribution >= 4 is 5.91 Å². The molecule has 6 nitrogen and oxygen atoms in total. The van der Waals surface area contributed by atoms with Crippen molar-refractivity contribution in [3.8, 4) is 0 Å². The minimum absolute atomic E-state index is 0.0290. The first-order chi connectivity index (χ1) is 11.8. The van der Waals surface area contributed by atoms with Crippen LogP contribution < -0.4 is 16.6 Å². The third-order valence-electron chi connectivity index (χ3n) is 5.30. The maximum Gasteiger partial charge on any atom is 0.328 e. The molecular weight excluding hydrogens is 318 g/mol. The van der Waals surface area contributed by atoms with Gasteiger partial charge in [0.2, 0.25) is 5.91 Å². The van der Waals surface area contributed by atoms with Gasteiger partial charge in [-0.25, -0.2) is 4.79 Å². The van der Waals surface area contributed by atoms with Crippen molar-refractivity contribution < 1.29 is 4.79 Å². The quantitative estimate of drug-likeness (QED) is 0.833. The number of aryl methyl sites for hydroxylation is 1. The molecule has 1 fully saturated rings. The van der Waals surface area contributed by atoms with Crippen LogP contribution in [0.5, 0.6) is 0 Å². The van der Waals surface area contributed by atoms with Crippen LogP contribution in [0.25, 0.3) is 0 Å². The monoisotopic (exact) mass is 341 g/mol. The van der Waals surface area contributed by atoms with Crippen LogP contribution in [0.3, 0.4) is 0 Å². The maximum absolute atomic E-state index is 12.2. The lowest BCUT2D eigenvalue weighted by Gasteiger charge is -2.22. The molecule has 1 aliphatic carbocycles. The van der Waals surface area contributed by atoms with Gasteiger partial charge in [-0.2, -0.15) is 0 Å². The average Bonchev–Trinajstić information content (AvgIpc) is 3.15. The van der Waals surface area contributed by atoms with Crippen LogP contribution >= 0.6 is 0 Å². The smallest absolute Gasteiger partial charge is 0.328 e. The zero-order chi connectivity index (χ0) is 18.1. The van der Waals surface area contributed by atoms with Crippen molar-refractivity contribution in [3.63, 3.8) is 0 Å². The van der Waals surface area contributed by atoms with Gasteiger partial charge in [-0.15, -0.1) is 0 Å². The first-order valence-corrected chi connectivity index (χ1v) is 8.46. The number of aromatic amines is 1. The third kappa shape index (κ3) is 3.43. The second-order valence-electron chi connectivity index (χ2n) is 7.34. The summed E-state index contributed by atoms with van der Waals surface area (Å²) in [5.41, 5.74) is 0.434. The van der Waals surface area contributed by atoms with Crippen molar-refractivity contribution in [2.45, 2.75) is 38.6 Å². The number of carbonyl (C=O) groups excluding carboxylic acids is 1. The number of hydrogen-bond donors (Lipinski definition) is 2. The van der Waals surface area contributed by atoms with Gasteiger partial charge in [-0.3, -0.25) is 14.6 Å². The van der Waals surface area contributed by atoms with Crippen molar-refractivity contribution in [1.29, 1.82) is 0 Å². The Labute approximate surface area is 145 Å². The fraction of sp³-hybridized carbons (Fsp3) is 0.421. The first-order valence-electron chi connectivity index (χ1n) is 8.46. The number of amides is 1. The lowest BCUT2D eigenvalue weighted by Crippen LogP contribution is -2.36. The predicted molar refractivity (Wildman–Crippen MR) is 95.5 cm³/mol. The molecule has 25 heavy (non-hydrogen) atoms. The van der Waals surface area contributed by atoms with E-state index in [1.165, 1.54) is 22.4 Å². The highest BCUT2D eigenvalue weighted by Crippen LogP contribution is 2.63. The van der Waals surface area contributed by atoms with E-state index in [1.54, 1.807) is 0 Å². The molecule has 1 amide bonds. The van der Waals surface area contributed by atoms with E-state index < -0.39 is 11.2 Å². The zero-order valence-corrected chi connectivity index (χ0v) is 14.5. The van der Waals surface area contributed by atoms with Gasteiger partial charge in [-0.05, 0) is 17.4 Å². The summed E-state index contributed by atoms with van der Waals surface area (Å²) in [5.74, 6) is -0.101. The Morgan fingerprint density at radius 2 is 1.88 bits per heavy atom. The van der Waals surface area contributed by atoms with Gasteiger partial charge >= 0.3 is 5.69 Å². The molecule has 1 heterocycles. The van der Waals surface area contributed by atoms with Gasteiger partial charge < -0.3 is 9.88 Å². The number of H-pyrrole nitrogens is 1. The van der Waals surface area contributed by atoms with Gasteiger partial charge in [-0.1, -0.05) is 44.2 Å². The normalized spacial score (nSPS) is 20.9. The largest absolute Gasteiger partial charge is 0.355 e. The Morgan fingerprint density at radius 1 is 1.20 bits per heavy atom. The molecule has 0 saturated heterocycles. The summed E-state index contributed by atoms with van der Waals surface area (Å²) in [7, 11) is 0. The fourth-order valence-electron chi connectivity index (χ4n) is 3.54. The molecule has 1 aromatic heterocycles. The van der Waals surface area contributed by atoms with E-state index in [4.69, 9.17) is 0 Å². The molecule has 1 unspecified atom stereocenters. The van der Waals surface area contributed by atoms with Gasteiger partial charge in [0.25, 0.3) is 5.56 Å². The molecule has 2 N–H and O–H groups in total. The summed E-state index contributed by atoms with van der Waals surface area (Å²) in [6.45, 7) is 5.25. The Morgan fingerprint density at radius 3 is 2.48 bits per heavy atom. The van der Waals surface area contributed by atoms with Crippen LogP contribution in [0.4, 0.5) is 0 Å². The van der Waals surface area contributed by atoms with Gasteiger partial charge in [0.05, 0.1) is 0 Å². The standard InChI is InChI=1S/C19H23N3O3/c1-18(2)12-19(18,14-6-4-3-5-7-14)13-20-15(23)8-10-22-11-9-16(24)21-17(22)25/h3-7,9,11H,8,10,12-13H2,1-2H3,(H,20,23)(H,21,24,25). The van der Waals surface area contributed by atoms with Crippen molar-refractivity contribution in [3.05, 3.63) is 69.0 Å². The zero-order valence-electron chi connectivity index (χ0n) is 14.5. The van der Waals surface area contributed by atoms with Gasteiger partial charge in [0, 0.05) is 37.2 Å². The highest BCUT2D eigenvalue weighted by molar-refractivity contribution is 5.76. The predicted octanol–water partition coefficient (Wildman–Crippen LogP) is 1.41. The molecule has 0 radical (unpaired) electrons. The van der Waals surface area contributed by atoms with Gasteiger partial charge in [0.15, 0.2) is 0 Å². The molecule has 2 aromatic rings. The topological polar surface area (TPSA) is 84.0 Å². The number of hydrogen-bond acceptors (Lipinski definition) is 3. The number of nitrogens with one attached hydrogen (secondary N) is 2. The van der Waals surface area contributed by atoms with E-state index in [1.807, 2.05) is 18.2 Å². The molecule has 1 aliphatic rings. The van der Waals surface area contributed by atoms with Crippen LogP contribution in [0.1, 0.15) is 32.3 Å². The summed E-state index contributed by atoms with van der Waals surface area (Å²) in [6, 6.07) is 11.5. The average molecular weight is 341 g/mol. The van der Waals surface area contributed by atoms with E-state index in [2.05, 4.69) is 36.3 Å². The number of rotatable bonds is 6.